The van der Waals surface area contributed by atoms with E-state index in [0.717, 1.165) is 10.0 Å². The predicted octanol–water partition coefficient (Wildman–Crippen LogP) is 5.20. The highest BCUT2D eigenvalue weighted by Gasteiger charge is 2.17. The molecule has 0 aromatic heterocycles. The molecule has 0 fully saturated rings. The van der Waals surface area contributed by atoms with Crippen LogP contribution in [0.1, 0.15) is 15.9 Å². The topological polar surface area (TPSA) is 50.4 Å². The van der Waals surface area contributed by atoms with Crippen molar-refractivity contribution in [3.05, 3.63) is 56.0 Å². The zero-order chi connectivity index (χ0) is 17.9. The number of rotatable bonds is 3. The molecule has 2 N–H and O–H groups in total. The van der Waals surface area contributed by atoms with E-state index >= 15 is 0 Å². The van der Waals surface area contributed by atoms with Crippen molar-refractivity contribution in [2.45, 2.75) is 6.92 Å². The molecule has 0 saturated heterocycles. The van der Waals surface area contributed by atoms with Gasteiger partial charge in [-0.3, -0.25) is 10.1 Å². The molecule has 0 radical (unpaired) electrons. The van der Waals surface area contributed by atoms with Crippen LogP contribution >= 0.6 is 51.3 Å². The van der Waals surface area contributed by atoms with Gasteiger partial charge < -0.3 is 10.1 Å². The number of amides is 1. The Morgan fingerprint density at radius 2 is 1.96 bits per heavy atom. The Kier molecular flexibility index (Phi) is 6.46. The number of carbonyl (C=O) groups is 1. The van der Waals surface area contributed by atoms with Crippen molar-refractivity contribution in [2.24, 2.45) is 0 Å². The molecular formula is C16H13BrCl2N2O2S. The summed E-state index contributed by atoms with van der Waals surface area (Å²) < 4.78 is 6.07. The number of hydrogen-bond donors (Lipinski definition) is 2. The third-order valence-electron chi connectivity index (χ3n) is 3.09. The predicted molar refractivity (Wildman–Crippen MR) is 106 cm³/mol. The summed E-state index contributed by atoms with van der Waals surface area (Å²) in [6.07, 6.45) is 0. The maximum absolute atomic E-state index is 12.5. The summed E-state index contributed by atoms with van der Waals surface area (Å²) in [6, 6.07) is 8.45. The number of thiocarbonyl (C=S) groups is 1. The standard InChI is InChI=1S/C16H13BrCl2N2O2S/c1-8-5-9(17)6-11(14(8)23-2)15(22)21-16(24)20-13-4-3-10(18)7-12(13)19/h3-7H,1-2H3,(H2,20,21,22,24). The Labute approximate surface area is 163 Å². The maximum atomic E-state index is 12.5. The van der Waals surface area contributed by atoms with Gasteiger partial charge in [0.05, 0.1) is 23.4 Å². The Morgan fingerprint density at radius 3 is 2.58 bits per heavy atom. The molecule has 0 atom stereocenters. The van der Waals surface area contributed by atoms with Crippen LogP contribution in [0.2, 0.25) is 10.0 Å². The van der Waals surface area contributed by atoms with Gasteiger partial charge in [0.1, 0.15) is 5.75 Å². The van der Waals surface area contributed by atoms with Crippen LogP contribution in [-0.4, -0.2) is 18.1 Å². The van der Waals surface area contributed by atoms with Gasteiger partial charge in [0.15, 0.2) is 5.11 Å². The minimum atomic E-state index is -0.390. The van der Waals surface area contributed by atoms with Gasteiger partial charge in [-0.15, -0.1) is 0 Å². The van der Waals surface area contributed by atoms with Crippen molar-refractivity contribution in [1.29, 1.82) is 0 Å². The van der Waals surface area contributed by atoms with Gasteiger partial charge in [0, 0.05) is 9.50 Å². The van der Waals surface area contributed by atoms with E-state index in [-0.39, 0.29) is 11.0 Å². The molecule has 0 heterocycles. The summed E-state index contributed by atoms with van der Waals surface area (Å²) in [5.74, 6) is 0.0989. The Bertz CT molecular complexity index is 815. The summed E-state index contributed by atoms with van der Waals surface area (Å²) in [7, 11) is 1.51. The lowest BCUT2D eigenvalue weighted by Gasteiger charge is -2.14. The highest BCUT2D eigenvalue weighted by molar-refractivity contribution is 9.10. The number of ether oxygens (including phenoxy) is 1. The molecule has 0 aliphatic rings. The molecule has 2 aromatic rings. The largest absolute Gasteiger partial charge is 0.496 e. The van der Waals surface area contributed by atoms with Gasteiger partial charge in [-0.2, -0.15) is 0 Å². The summed E-state index contributed by atoms with van der Waals surface area (Å²) in [4.78, 5) is 12.5. The minimum absolute atomic E-state index is 0.115. The number of hydrogen-bond acceptors (Lipinski definition) is 3. The van der Waals surface area contributed by atoms with E-state index in [1.165, 1.54) is 7.11 Å². The molecule has 1 amide bonds. The van der Waals surface area contributed by atoms with E-state index in [1.807, 2.05) is 13.0 Å². The van der Waals surface area contributed by atoms with E-state index in [9.17, 15) is 4.79 Å². The number of halogens is 3. The van der Waals surface area contributed by atoms with Crippen molar-refractivity contribution in [1.82, 2.24) is 5.32 Å². The van der Waals surface area contributed by atoms with Crippen LogP contribution in [0.3, 0.4) is 0 Å². The first kappa shape index (κ1) is 19.0. The van der Waals surface area contributed by atoms with E-state index in [4.69, 9.17) is 40.2 Å². The van der Waals surface area contributed by atoms with E-state index < -0.39 is 0 Å². The summed E-state index contributed by atoms with van der Waals surface area (Å²) in [6.45, 7) is 1.85. The smallest absolute Gasteiger partial charge is 0.261 e. The van der Waals surface area contributed by atoms with Gasteiger partial charge >= 0.3 is 0 Å². The average Bonchev–Trinajstić information content (AvgIpc) is 2.49. The van der Waals surface area contributed by atoms with Crippen molar-refractivity contribution in [3.63, 3.8) is 0 Å². The Balaban J connectivity index is 2.16. The van der Waals surface area contributed by atoms with Crippen LogP contribution in [-0.2, 0) is 0 Å². The van der Waals surface area contributed by atoms with Crippen LogP contribution in [0, 0.1) is 6.92 Å². The fraction of sp³-hybridized carbons (Fsp3) is 0.125. The fourth-order valence-corrected chi connectivity index (χ4v) is 3.32. The molecule has 0 unspecified atom stereocenters. The van der Waals surface area contributed by atoms with Crippen LogP contribution < -0.4 is 15.4 Å². The normalized spacial score (nSPS) is 10.2. The SMILES string of the molecule is COc1c(C)cc(Br)cc1C(=O)NC(=S)Nc1ccc(Cl)cc1Cl. The third kappa shape index (κ3) is 4.60. The first-order chi connectivity index (χ1) is 11.3. The molecule has 24 heavy (non-hydrogen) atoms. The molecule has 0 saturated carbocycles. The van der Waals surface area contributed by atoms with Crippen molar-refractivity contribution < 1.29 is 9.53 Å². The second-order valence-corrected chi connectivity index (χ2v) is 7.00. The number of aryl methyl sites for hydroxylation is 1. The highest BCUT2D eigenvalue weighted by atomic mass is 79.9. The molecule has 2 rings (SSSR count). The van der Waals surface area contributed by atoms with Gasteiger partial charge in [0.2, 0.25) is 0 Å². The van der Waals surface area contributed by atoms with Crippen molar-refractivity contribution >= 4 is 68.1 Å². The molecule has 0 spiro atoms. The maximum Gasteiger partial charge on any atom is 0.261 e. The van der Waals surface area contributed by atoms with Crippen LogP contribution in [0.25, 0.3) is 0 Å². The molecule has 8 heteroatoms. The molecular weight excluding hydrogens is 435 g/mol. The van der Waals surface area contributed by atoms with E-state index in [0.29, 0.717) is 27.0 Å². The zero-order valence-corrected chi connectivity index (χ0v) is 16.7. The monoisotopic (exact) mass is 446 g/mol. The zero-order valence-electron chi connectivity index (χ0n) is 12.7. The number of carbonyl (C=O) groups excluding carboxylic acids is 1. The molecule has 126 valence electrons. The van der Waals surface area contributed by atoms with Crippen molar-refractivity contribution in [3.8, 4) is 5.75 Å². The Morgan fingerprint density at radius 1 is 1.25 bits per heavy atom. The summed E-state index contributed by atoms with van der Waals surface area (Å²) in [5, 5.41) is 6.49. The number of benzene rings is 2. The minimum Gasteiger partial charge on any atom is -0.496 e. The lowest BCUT2D eigenvalue weighted by molar-refractivity contribution is 0.0974. The second kappa shape index (κ2) is 8.16. The quantitative estimate of drug-likeness (QED) is 0.635. The van der Waals surface area contributed by atoms with Gasteiger partial charge in [-0.25, -0.2) is 0 Å². The molecule has 0 aliphatic heterocycles. The van der Waals surface area contributed by atoms with E-state index in [2.05, 4.69) is 26.6 Å². The molecule has 2 aromatic carbocycles. The number of methoxy groups -OCH3 is 1. The number of nitrogens with one attached hydrogen (secondary N) is 2. The first-order valence-electron chi connectivity index (χ1n) is 6.73. The first-order valence-corrected chi connectivity index (χ1v) is 8.69. The fourth-order valence-electron chi connectivity index (χ4n) is 2.08. The third-order valence-corrected chi connectivity index (χ3v) is 4.30. The lowest BCUT2D eigenvalue weighted by atomic mass is 10.1. The van der Waals surface area contributed by atoms with Crippen LogP contribution in [0.5, 0.6) is 5.75 Å². The molecule has 0 bridgehead atoms. The summed E-state index contributed by atoms with van der Waals surface area (Å²) >= 11 is 20.4. The van der Waals surface area contributed by atoms with E-state index in [1.54, 1.807) is 24.3 Å². The van der Waals surface area contributed by atoms with Crippen molar-refractivity contribution in [2.75, 3.05) is 12.4 Å². The average molecular weight is 448 g/mol. The lowest BCUT2D eigenvalue weighted by Crippen LogP contribution is -2.34. The summed E-state index contributed by atoms with van der Waals surface area (Å²) in [5.41, 5.74) is 1.75. The highest BCUT2D eigenvalue weighted by Crippen LogP contribution is 2.28. The van der Waals surface area contributed by atoms with Crippen LogP contribution in [0.4, 0.5) is 5.69 Å². The molecule has 4 nitrogen and oxygen atoms in total. The molecule has 0 aliphatic carbocycles. The number of anilines is 1. The van der Waals surface area contributed by atoms with Gasteiger partial charge in [0.25, 0.3) is 5.91 Å². The van der Waals surface area contributed by atoms with Gasteiger partial charge in [-0.05, 0) is 55.0 Å². The van der Waals surface area contributed by atoms with Crippen LogP contribution in [0.15, 0.2) is 34.8 Å². The van der Waals surface area contributed by atoms with Gasteiger partial charge in [-0.1, -0.05) is 39.1 Å². The second-order valence-electron chi connectivity index (χ2n) is 4.84. The Hall–Kier alpha value is -1.34.